The van der Waals surface area contributed by atoms with E-state index in [1.54, 1.807) is 0 Å². The van der Waals surface area contributed by atoms with Crippen molar-refractivity contribution >= 4 is 62.2 Å². The van der Waals surface area contributed by atoms with Crippen LogP contribution in [0, 0.1) is 0 Å². The van der Waals surface area contributed by atoms with Gasteiger partial charge in [0.1, 0.15) is 8.07 Å². The van der Waals surface area contributed by atoms with E-state index < -0.39 is 8.07 Å². The molecule has 4 heterocycles. The van der Waals surface area contributed by atoms with Gasteiger partial charge in [-0.25, -0.2) is 9.97 Å². The van der Waals surface area contributed by atoms with Crippen LogP contribution in [0.3, 0.4) is 0 Å². The molecule has 0 N–H and O–H groups in total. The smallest absolute Gasteiger partial charge is 0.235 e. The molecule has 47 heavy (non-hydrogen) atoms. The number of nitrogens with zero attached hydrogens (tertiary/aromatic N) is 4. The van der Waals surface area contributed by atoms with Crippen molar-refractivity contribution in [2.75, 3.05) is 0 Å². The fourth-order valence-electron chi connectivity index (χ4n) is 8.02. The van der Waals surface area contributed by atoms with Crippen molar-refractivity contribution in [2.45, 2.75) is 13.1 Å². The lowest BCUT2D eigenvalue weighted by molar-refractivity contribution is 1.01. The van der Waals surface area contributed by atoms with Crippen LogP contribution in [0.2, 0.25) is 13.1 Å². The molecule has 0 amide bonds. The van der Waals surface area contributed by atoms with Crippen LogP contribution in [0.5, 0.6) is 0 Å². The summed E-state index contributed by atoms with van der Waals surface area (Å²) >= 11 is 0. The summed E-state index contributed by atoms with van der Waals surface area (Å²) in [5, 5.41) is 7.56. The predicted octanol–water partition coefficient (Wildman–Crippen LogP) is 9.14. The van der Waals surface area contributed by atoms with Crippen LogP contribution in [0.1, 0.15) is 0 Å². The Morgan fingerprint density at radius 3 is 1.74 bits per heavy atom. The summed E-state index contributed by atoms with van der Waals surface area (Å²) in [4.78, 5) is 11.0. The van der Waals surface area contributed by atoms with E-state index in [4.69, 9.17) is 9.97 Å². The van der Waals surface area contributed by atoms with Crippen LogP contribution < -0.4 is 10.5 Å². The number of rotatable bonds is 3. The maximum absolute atomic E-state index is 5.55. The Balaban J connectivity index is 1.35. The van der Waals surface area contributed by atoms with Gasteiger partial charge in [-0.3, -0.25) is 4.57 Å². The monoisotopic (exact) mass is 618 g/mol. The van der Waals surface area contributed by atoms with Crippen LogP contribution >= 0.6 is 0 Å². The van der Waals surface area contributed by atoms with E-state index in [9.17, 15) is 0 Å². The Labute approximate surface area is 273 Å². The van der Waals surface area contributed by atoms with Crippen LogP contribution in [0.15, 0.2) is 146 Å². The van der Waals surface area contributed by atoms with Crippen LogP contribution in [-0.4, -0.2) is 27.2 Å². The second-order valence-electron chi connectivity index (χ2n) is 13.0. The van der Waals surface area contributed by atoms with Gasteiger partial charge in [0.05, 0.1) is 27.8 Å². The lowest BCUT2D eigenvalue weighted by Gasteiger charge is -2.19. The third-order valence-corrected chi connectivity index (χ3v) is 13.4. The quantitative estimate of drug-likeness (QED) is 0.185. The minimum atomic E-state index is -2.11. The molecule has 9 aromatic rings. The Morgan fingerprint density at radius 2 is 1.04 bits per heavy atom. The molecule has 3 aromatic heterocycles. The number of aromatic nitrogens is 4. The van der Waals surface area contributed by atoms with Crippen LogP contribution in [0.4, 0.5) is 0 Å². The molecule has 0 radical (unpaired) electrons. The Morgan fingerprint density at radius 1 is 0.489 bits per heavy atom. The molecular weight excluding hydrogens is 589 g/mol. The standard InChI is InChI=1S/C42H30N4Si/c1-47(2)36-24-14-11-21-31(36)39-40(27-15-5-3-6-16-27)43-42(44-41(39)47)46-33-23-13-10-20-30(33)38-35(46)26-25-34-37(38)29-19-9-12-22-32(29)45(34)28-17-7-4-8-18-28/h3-26H,1-2H3. The summed E-state index contributed by atoms with van der Waals surface area (Å²) in [6, 6.07) is 52.2. The van der Waals surface area contributed by atoms with Gasteiger partial charge in [-0.05, 0) is 47.1 Å². The number of para-hydroxylation sites is 3. The highest BCUT2D eigenvalue weighted by Gasteiger charge is 2.41. The average molecular weight is 619 g/mol. The van der Waals surface area contributed by atoms with E-state index in [1.807, 2.05) is 0 Å². The molecule has 0 saturated carbocycles. The van der Waals surface area contributed by atoms with Gasteiger partial charge in [0.25, 0.3) is 0 Å². The normalized spacial score (nSPS) is 13.5. The molecule has 1 aliphatic rings. The van der Waals surface area contributed by atoms with Gasteiger partial charge in [0.15, 0.2) is 0 Å². The van der Waals surface area contributed by atoms with Crippen molar-refractivity contribution in [3.8, 4) is 34.0 Å². The Bertz CT molecular complexity index is 2700. The number of hydrogen-bond donors (Lipinski definition) is 0. The molecular formula is C42H30N4Si. The fourth-order valence-corrected chi connectivity index (χ4v) is 10.9. The highest BCUT2D eigenvalue weighted by molar-refractivity contribution is 7.03. The molecule has 0 aliphatic carbocycles. The van der Waals surface area contributed by atoms with E-state index in [0.29, 0.717) is 0 Å². The first kappa shape index (κ1) is 26.4. The van der Waals surface area contributed by atoms with Gasteiger partial charge in [-0.1, -0.05) is 122 Å². The van der Waals surface area contributed by atoms with Crippen LogP contribution in [0.25, 0.3) is 77.6 Å². The number of hydrogen-bond acceptors (Lipinski definition) is 2. The van der Waals surface area contributed by atoms with Crippen molar-refractivity contribution in [2.24, 2.45) is 0 Å². The SMILES string of the molecule is C[Si]1(C)c2ccccc2-c2c(-c3ccccc3)nc(-n3c4ccccc4c4c5c6ccccc6n(-c6ccccc6)c5ccc43)nc21. The molecule has 0 fully saturated rings. The van der Waals surface area contributed by atoms with Gasteiger partial charge >= 0.3 is 0 Å². The fraction of sp³-hybridized carbons (Fsp3) is 0.0476. The summed E-state index contributed by atoms with van der Waals surface area (Å²) in [6.07, 6.45) is 0. The summed E-state index contributed by atoms with van der Waals surface area (Å²) in [5.41, 5.74) is 10.4. The summed E-state index contributed by atoms with van der Waals surface area (Å²) in [7, 11) is -2.11. The molecule has 6 aromatic carbocycles. The molecule has 0 atom stereocenters. The first-order valence-electron chi connectivity index (χ1n) is 16.2. The molecule has 10 rings (SSSR count). The molecule has 222 valence electrons. The summed E-state index contributed by atoms with van der Waals surface area (Å²) < 4.78 is 4.69. The van der Waals surface area contributed by atoms with Crippen molar-refractivity contribution in [1.82, 2.24) is 19.1 Å². The average Bonchev–Trinajstić information content (AvgIpc) is 3.72. The molecule has 5 heteroatoms. The lowest BCUT2D eigenvalue weighted by Crippen LogP contribution is -2.51. The molecule has 0 saturated heterocycles. The topological polar surface area (TPSA) is 35.6 Å². The van der Waals surface area contributed by atoms with Crippen molar-refractivity contribution in [3.05, 3.63) is 146 Å². The number of fused-ring (bicyclic) bond motifs is 10. The maximum atomic E-state index is 5.55. The lowest BCUT2D eigenvalue weighted by atomic mass is 10.0. The summed E-state index contributed by atoms with van der Waals surface area (Å²) in [5.74, 6) is 0.730. The zero-order chi connectivity index (χ0) is 31.3. The van der Waals surface area contributed by atoms with Gasteiger partial charge in [-0.15, -0.1) is 0 Å². The highest BCUT2D eigenvalue weighted by atomic mass is 28.3. The Hall–Kier alpha value is -5.78. The van der Waals surface area contributed by atoms with Crippen LogP contribution in [-0.2, 0) is 0 Å². The van der Waals surface area contributed by atoms with E-state index >= 15 is 0 Å². The van der Waals surface area contributed by atoms with E-state index in [-0.39, 0.29) is 0 Å². The second-order valence-corrected chi connectivity index (χ2v) is 17.3. The predicted molar refractivity (Wildman–Crippen MR) is 198 cm³/mol. The molecule has 0 unspecified atom stereocenters. The van der Waals surface area contributed by atoms with Gasteiger partial charge < -0.3 is 4.57 Å². The van der Waals surface area contributed by atoms with E-state index in [2.05, 4.69) is 168 Å². The molecule has 0 spiro atoms. The third kappa shape index (κ3) is 3.57. The van der Waals surface area contributed by atoms with Crippen molar-refractivity contribution in [1.29, 1.82) is 0 Å². The van der Waals surface area contributed by atoms with Gasteiger partial charge in [-0.2, -0.15) is 0 Å². The number of benzene rings is 6. The van der Waals surface area contributed by atoms with Crippen molar-refractivity contribution in [3.63, 3.8) is 0 Å². The molecule has 4 nitrogen and oxygen atoms in total. The van der Waals surface area contributed by atoms with E-state index in [0.717, 1.165) is 33.9 Å². The zero-order valence-electron chi connectivity index (χ0n) is 26.1. The summed E-state index contributed by atoms with van der Waals surface area (Å²) in [6.45, 7) is 4.86. The first-order chi connectivity index (χ1) is 23.1. The largest absolute Gasteiger partial charge is 0.309 e. The minimum Gasteiger partial charge on any atom is -0.309 e. The van der Waals surface area contributed by atoms with Crippen molar-refractivity contribution < 1.29 is 0 Å². The molecule has 1 aliphatic heterocycles. The van der Waals surface area contributed by atoms with E-state index in [1.165, 1.54) is 54.2 Å². The Kier molecular flexibility index (Phi) is 5.41. The minimum absolute atomic E-state index is 0.730. The zero-order valence-corrected chi connectivity index (χ0v) is 27.1. The third-order valence-electron chi connectivity index (χ3n) is 10.1. The van der Waals surface area contributed by atoms with Gasteiger partial charge in [0.2, 0.25) is 5.95 Å². The highest BCUT2D eigenvalue weighted by Crippen LogP contribution is 2.43. The van der Waals surface area contributed by atoms with Gasteiger partial charge in [0, 0.05) is 43.7 Å². The second kappa shape index (κ2) is 9.61. The first-order valence-corrected chi connectivity index (χ1v) is 19.2. The maximum Gasteiger partial charge on any atom is 0.235 e. The molecule has 0 bridgehead atoms.